The van der Waals surface area contributed by atoms with Crippen LogP contribution in [-0.4, -0.2) is 40.6 Å². The number of carbonyl (C=O) groups is 2. The van der Waals surface area contributed by atoms with E-state index >= 15 is 0 Å². The van der Waals surface area contributed by atoms with E-state index in [-0.39, 0.29) is 11.9 Å². The molecule has 0 saturated carbocycles. The highest BCUT2D eigenvalue weighted by Crippen LogP contribution is 2.37. The Morgan fingerprint density at radius 2 is 1.75 bits per heavy atom. The first kappa shape index (κ1) is 18.8. The zero-order valence-corrected chi connectivity index (χ0v) is 16.2. The predicted octanol–water partition coefficient (Wildman–Crippen LogP) is 4.07. The van der Waals surface area contributed by atoms with Crippen LogP contribution in [0.5, 0.6) is 0 Å². The maximum Gasteiger partial charge on any atom is 0.321 e. The van der Waals surface area contributed by atoms with Crippen LogP contribution in [0.15, 0.2) is 54.6 Å². The Bertz CT molecular complexity index is 866. The highest BCUT2D eigenvalue weighted by molar-refractivity contribution is 6.33. The van der Waals surface area contributed by atoms with Crippen molar-refractivity contribution in [3.63, 3.8) is 0 Å². The third-order valence-corrected chi connectivity index (χ3v) is 5.63. The molecule has 0 unspecified atom stereocenters. The maximum absolute atomic E-state index is 12.5. The normalized spacial score (nSPS) is 18.5. The first-order valence-corrected chi connectivity index (χ1v) is 9.76. The molecular formula is C21H22ClN3O3. The number of para-hydroxylation sites is 1. The lowest BCUT2D eigenvalue weighted by Gasteiger charge is -2.37. The van der Waals surface area contributed by atoms with Crippen molar-refractivity contribution >= 4 is 29.2 Å². The Morgan fingerprint density at radius 3 is 2.46 bits per heavy atom. The molecule has 2 saturated heterocycles. The molecule has 28 heavy (non-hydrogen) atoms. The molecule has 0 aromatic heterocycles. The number of carbonyl (C=O) groups excluding carboxylic acids is 2. The van der Waals surface area contributed by atoms with Crippen molar-refractivity contribution in [3.05, 3.63) is 65.2 Å². The molecule has 6 nitrogen and oxygen atoms in total. The summed E-state index contributed by atoms with van der Waals surface area (Å²) in [6.45, 7) is 1.50. The Hall–Kier alpha value is -2.57. The van der Waals surface area contributed by atoms with Crippen molar-refractivity contribution in [2.75, 3.05) is 18.4 Å². The highest BCUT2D eigenvalue weighted by Gasteiger charge is 2.47. The average molecular weight is 400 g/mol. The summed E-state index contributed by atoms with van der Waals surface area (Å²) in [5.41, 5.74) is 1.12. The monoisotopic (exact) mass is 399 g/mol. The zero-order chi connectivity index (χ0) is 19.6. The van der Waals surface area contributed by atoms with E-state index in [9.17, 15) is 9.59 Å². The fraction of sp³-hybridized carbons (Fsp3) is 0.333. The number of amides is 3. The molecule has 0 radical (unpaired) electrons. The second-order valence-corrected chi connectivity index (χ2v) is 7.67. The Kier molecular flexibility index (Phi) is 5.24. The van der Waals surface area contributed by atoms with E-state index in [1.54, 1.807) is 17.0 Å². The van der Waals surface area contributed by atoms with E-state index in [4.69, 9.17) is 16.4 Å². The minimum Gasteiger partial charge on any atom is -0.324 e. The summed E-state index contributed by atoms with van der Waals surface area (Å²) in [6, 6.07) is 16.8. The van der Waals surface area contributed by atoms with Crippen LogP contribution in [0, 0.1) is 0 Å². The summed E-state index contributed by atoms with van der Waals surface area (Å²) in [5.74, 6) is -0.00202. The Labute approximate surface area is 169 Å². The van der Waals surface area contributed by atoms with E-state index < -0.39 is 5.60 Å². The smallest absolute Gasteiger partial charge is 0.321 e. The molecule has 146 valence electrons. The van der Waals surface area contributed by atoms with Crippen molar-refractivity contribution in [1.29, 1.82) is 0 Å². The third kappa shape index (κ3) is 3.98. The number of hydrogen-bond acceptors (Lipinski definition) is 3. The summed E-state index contributed by atoms with van der Waals surface area (Å²) in [5, 5.41) is 4.82. The number of hydrogen-bond donors (Lipinski definition) is 1. The number of piperidine rings is 1. The standard InChI is InChI=1S/C21H22ClN3O3/c22-17-8-4-5-9-18(17)23-20(27)24-12-10-21(11-13-24)14-19(26)25(28-21)15-16-6-2-1-3-7-16/h1-9H,10-15H2,(H,23,27). The molecule has 2 aromatic rings. The minimum absolute atomic E-state index is 0.00202. The van der Waals surface area contributed by atoms with Crippen LogP contribution >= 0.6 is 11.6 Å². The fourth-order valence-corrected chi connectivity index (χ4v) is 3.88. The molecule has 2 aliphatic rings. The van der Waals surface area contributed by atoms with Crippen LogP contribution in [0.25, 0.3) is 0 Å². The number of urea groups is 1. The van der Waals surface area contributed by atoms with Crippen molar-refractivity contribution in [3.8, 4) is 0 Å². The van der Waals surface area contributed by atoms with Gasteiger partial charge in [0, 0.05) is 13.1 Å². The molecule has 2 aromatic carbocycles. The first-order valence-electron chi connectivity index (χ1n) is 9.39. The average Bonchev–Trinajstić information content (AvgIpc) is 2.99. The van der Waals surface area contributed by atoms with Gasteiger partial charge in [0.05, 0.1) is 23.7 Å². The van der Waals surface area contributed by atoms with Crippen LogP contribution in [0.4, 0.5) is 10.5 Å². The number of nitrogens with zero attached hydrogens (tertiary/aromatic N) is 2. The van der Waals surface area contributed by atoms with Crippen molar-refractivity contribution in [2.24, 2.45) is 0 Å². The molecule has 4 rings (SSSR count). The third-order valence-electron chi connectivity index (χ3n) is 5.30. The van der Waals surface area contributed by atoms with Crippen LogP contribution in [0.1, 0.15) is 24.8 Å². The molecule has 1 spiro atoms. The van der Waals surface area contributed by atoms with Crippen LogP contribution in [0.3, 0.4) is 0 Å². The van der Waals surface area contributed by atoms with Crippen molar-refractivity contribution in [2.45, 2.75) is 31.4 Å². The van der Waals surface area contributed by atoms with E-state index in [0.717, 1.165) is 5.56 Å². The van der Waals surface area contributed by atoms with Crippen LogP contribution in [-0.2, 0) is 16.2 Å². The summed E-state index contributed by atoms with van der Waals surface area (Å²) in [7, 11) is 0. The molecule has 7 heteroatoms. The largest absolute Gasteiger partial charge is 0.324 e. The SMILES string of the molecule is O=C(Nc1ccccc1Cl)N1CCC2(CC1)CC(=O)N(Cc1ccccc1)O2. The predicted molar refractivity (Wildman–Crippen MR) is 107 cm³/mol. The van der Waals surface area contributed by atoms with Gasteiger partial charge in [0.25, 0.3) is 0 Å². The zero-order valence-electron chi connectivity index (χ0n) is 15.4. The topological polar surface area (TPSA) is 61.9 Å². The Morgan fingerprint density at radius 1 is 1.07 bits per heavy atom. The molecular weight excluding hydrogens is 378 g/mol. The van der Waals surface area contributed by atoms with Crippen LogP contribution < -0.4 is 5.32 Å². The molecule has 0 bridgehead atoms. The summed E-state index contributed by atoms with van der Waals surface area (Å²) < 4.78 is 0. The molecule has 0 aliphatic carbocycles. The van der Waals surface area contributed by atoms with E-state index in [1.165, 1.54) is 5.06 Å². The summed E-state index contributed by atoms with van der Waals surface area (Å²) >= 11 is 6.11. The van der Waals surface area contributed by atoms with E-state index in [1.807, 2.05) is 42.5 Å². The fourth-order valence-electron chi connectivity index (χ4n) is 3.69. The van der Waals surface area contributed by atoms with Gasteiger partial charge in [0.15, 0.2) is 0 Å². The molecule has 2 heterocycles. The number of hydroxylamine groups is 2. The number of nitrogens with one attached hydrogen (secondary N) is 1. The van der Waals surface area contributed by atoms with Crippen molar-refractivity contribution in [1.82, 2.24) is 9.96 Å². The van der Waals surface area contributed by atoms with Crippen molar-refractivity contribution < 1.29 is 14.4 Å². The summed E-state index contributed by atoms with van der Waals surface area (Å²) in [4.78, 5) is 32.8. The van der Waals surface area contributed by atoms with Gasteiger partial charge in [0.2, 0.25) is 5.91 Å². The van der Waals surface area contributed by atoms with Gasteiger partial charge in [0.1, 0.15) is 5.60 Å². The number of rotatable bonds is 3. The second-order valence-electron chi connectivity index (χ2n) is 7.26. The second kappa shape index (κ2) is 7.81. The number of anilines is 1. The van der Waals surface area contributed by atoms with E-state index in [2.05, 4.69) is 5.32 Å². The Balaban J connectivity index is 1.34. The van der Waals surface area contributed by atoms with Gasteiger partial charge < -0.3 is 10.2 Å². The molecule has 1 N–H and O–H groups in total. The van der Waals surface area contributed by atoms with Gasteiger partial charge in [-0.15, -0.1) is 0 Å². The highest BCUT2D eigenvalue weighted by atomic mass is 35.5. The van der Waals surface area contributed by atoms with Gasteiger partial charge in [-0.05, 0) is 30.5 Å². The quantitative estimate of drug-likeness (QED) is 0.846. The van der Waals surface area contributed by atoms with E-state index in [0.29, 0.717) is 49.6 Å². The van der Waals surface area contributed by atoms with Gasteiger partial charge in [-0.2, -0.15) is 0 Å². The van der Waals surface area contributed by atoms with Gasteiger partial charge in [-0.1, -0.05) is 54.1 Å². The number of benzene rings is 2. The van der Waals surface area contributed by atoms with Gasteiger partial charge in [-0.3, -0.25) is 9.63 Å². The number of halogens is 1. The lowest BCUT2D eigenvalue weighted by atomic mass is 9.89. The lowest BCUT2D eigenvalue weighted by molar-refractivity contribution is -0.212. The first-order chi connectivity index (χ1) is 13.5. The van der Waals surface area contributed by atoms with Crippen LogP contribution in [0.2, 0.25) is 5.02 Å². The van der Waals surface area contributed by atoms with Gasteiger partial charge >= 0.3 is 6.03 Å². The molecule has 0 atom stereocenters. The molecule has 2 aliphatic heterocycles. The molecule has 2 fully saturated rings. The minimum atomic E-state index is -0.507. The lowest BCUT2D eigenvalue weighted by Crippen LogP contribution is -2.48. The number of likely N-dealkylation sites (tertiary alicyclic amines) is 1. The summed E-state index contributed by atoms with van der Waals surface area (Å²) in [6.07, 6.45) is 1.61. The molecule has 3 amide bonds. The maximum atomic E-state index is 12.5. The van der Waals surface area contributed by atoms with Gasteiger partial charge in [-0.25, -0.2) is 9.86 Å².